The third-order valence-corrected chi connectivity index (χ3v) is 9.07. The van der Waals surface area contributed by atoms with E-state index in [0.717, 1.165) is 0 Å². The van der Waals surface area contributed by atoms with E-state index in [0.29, 0.717) is 6.42 Å². The Morgan fingerprint density at radius 2 is 1.86 bits per heavy atom. The van der Waals surface area contributed by atoms with E-state index >= 15 is 0 Å². The summed E-state index contributed by atoms with van der Waals surface area (Å²) in [6.07, 6.45) is -4.22. The molecule has 0 bridgehead atoms. The van der Waals surface area contributed by atoms with Crippen molar-refractivity contribution in [3.8, 4) is 0 Å². The lowest BCUT2D eigenvalue weighted by molar-refractivity contribution is -0.241. The highest BCUT2D eigenvalue weighted by Crippen LogP contribution is 2.84. The Kier molecular flexibility index (Phi) is 2.96. The van der Waals surface area contributed by atoms with E-state index in [1.807, 2.05) is 0 Å². The molecule has 2 spiro atoms. The molecular formula is C20H28O8. The van der Waals surface area contributed by atoms with Gasteiger partial charge in [0.05, 0.1) is 36.3 Å². The van der Waals surface area contributed by atoms with Gasteiger partial charge in [0, 0.05) is 5.92 Å². The normalized spacial score (nSPS) is 64.0. The molecule has 6 rings (SSSR count). The fourth-order valence-electron chi connectivity index (χ4n) is 8.35. The van der Waals surface area contributed by atoms with Crippen molar-refractivity contribution in [2.75, 3.05) is 13.2 Å². The zero-order valence-corrected chi connectivity index (χ0v) is 16.5. The van der Waals surface area contributed by atoms with Crippen molar-refractivity contribution in [2.24, 2.45) is 28.1 Å². The molecule has 8 nitrogen and oxygen atoms in total. The average Bonchev–Trinajstić information content (AvgIpc) is 3.33. The van der Waals surface area contributed by atoms with E-state index in [1.54, 1.807) is 6.92 Å². The molecule has 8 heteroatoms. The number of carbonyl (C=O) groups is 1. The SMILES string of the molecule is C[C@@H]1COC2[C@H](O)C34C5C[C@@H](C(C)(C)C)C36C(OC[C@@H]6O)OC4(C(=O)O5)[C@]21O. The van der Waals surface area contributed by atoms with E-state index < -0.39 is 64.6 Å². The Hall–Kier alpha value is -0.770. The summed E-state index contributed by atoms with van der Waals surface area (Å²) < 4.78 is 23.9. The Morgan fingerprint density at radius 3 is 2.54 bits per heavy atom. The standard InChI is InChI=1S/C20H28O8/c1-8-6-25-13-12(22)18-11-5-9(16(2,3)4)17(18)10(21)7-26-15(17)28-20(18,14(23)27-11)19(8,13)24/h8-13,15,21-22,24H,5-7H2,1-4H3/t8-,9+,10+,11?,12+,13?,15?,17?,18?,19-,20?/m1/s1. The summed E-state index contributed by atoms with van der Waals surface area (Å²) in [4.78, 5) is 13.4. The minimum Gasteiger partial charge on any atom is -0.459 e. The summed E-state index contributed by atoms with van der Waals surface area (Å²) in [5, 5.41) is 34.9. The number of ether oxygens (including phenoxy) is 4. The number of esters is 1. The molecular weight excluding hydrogens is 368 g/mol. The van der Waals surface area contributed by atoms with Gasteiger partial charge < -0.3 is 34.3 Å². The Labute approximate surface area is 163 Å². The molecule has 0 amide bonds. The molecule has 4 aliphatic heterocycles. The topological polar surface area (TPSA) is 115 Å². The van der Waals surface area contributed by atoms with Gasteiger partial charge in [-0.3, -0.25) is 0 Å². The lowest BCUT2D eigenvalue weighted by atomic mass is 9.51. The molecule has 0 aromatic rings. The smallest absolute Gasteiger partial charge is 0.342 e. The quantitative estimate of drug-likeness (QED) is 0.473. The fraction of sp³-hybridized carbons (Fsp3) is 0.950. The predicted octanol–water partition coefficient (Wildman–Crippen LogP) is -0.423. The van der Waals surface area contributed by atoms with Crippen LogP contribution >= 0.6 is 0 Å². The lowest BCUT2D eigenvalue weighted by Crippen LogP contribution is -2.66. The predicted molar refractivity (Wildman–Crippen MR) is 91.7 cm³/mol. The molecule has 3 N–H and O–H groups in total. The van der Waals surface area contributed by atoms with Crippen LogP contribution in [0.25, 0.3) is 0 Å². The molecule has 0 radical (unpaired) electrons. The number of aliphatic hydroxyl groups excluding tert-OH is 2. The number of hydrogen-bond acceptors (Lipinski definition) is 8. The monoisotopic (exact) mass is 396 g/mol. The lowest BCUT2D eigenvalue weighted by Gasteiger charge is -2.49. The van der Waals surface area contributed by atoms with E-state index in [4.69, 9.17) is 18.9 Å². The Balaban J connectivity index is 1.71. The summed E-state index contributed by atoms with van der Waals surface area (Å²) in [6, 6.07) is 0. The number of aliphatic hydroxyl groups is 3. The Bertz CT molecular complexity index is 779. The average molecular weight is 396 g/mol. The summed E-state index contributed by atoms with van der Waals surface area (Å²) in [7, 11) is 0. The van der Waals surface area contributed by atoms with Crippen molar-refractivity contribution in [1.29, 1.82) is 0 Å². The van der Waals surface area contributed by atoms with Crippen molar-refractivity contribution in [3.63, 3.8) is 0 Å². The number of carbonyl (C=O) groups excluding carboxylic acids is 1. The van der Waals surface area contributed by atoms with Gasteiger partial charge in [-0.15, -0.1) is 0 Å². The van der Waals surface area contributed by atoms with Crippen molar-refractivity contribution in [2.45, 2.75) is 76.0 Å². The van der Waals surface area contributed by atoms with Crippen LogP contribution in [0.15, 0.2) is 0 Å². The number of hydrogen-bond donors (Lipinski definition) is 3. The van der Waals surface area contributed by atoms with Crippen molar-refractivity contribution < 1.29 is 39.1 Å². The zero-order valence-electron chi connectivity index (χ0n) is 16.5. The van der Waals surface area contributed by atoms with Gasteiger partial charge in [0.25, 0.3) is 0 Å². The maximum absolute atomic E-state index is 13.4. The van der Waals surface area contributed by atoms with E-state index in [9.17, 15) is 20.1 Å². The highest BCUT2D eigenvalue weighted by Gasteiger charge is 3.01. The largest absolute Gasteiger partial charge is 0.459 e. The number of fused-ring (bicyclic) bond motifs is 1. The van der Waals surface area contributed by atoms with Gasteiger partial charge in [0.1, 0.15) is 17.8 Å². The highest BCUT2D eigenvalue weighted by atomic mass is 16.7. The molecule has 2 aliphatic carbocycles. The molecule has 0 aromatic heterocycles. The maximum atomic E-state index is 13.4. The van der Waals surface area contributed by atoms with Crippen molar-refractivity contribution >= 4 is 5.97 Å². The first-order valence-corrected chi connectivity index (χ1v) is 10.2. The van der Waals surface area contributed by atoms with E-state index in [-0.39, 0.29) is 24.5 Å². The maximum Gasteiger partial charge on any atom is 0.342 e. The summed E-state index contributed by atoms with van der Waals surface area (Å²) >= 11 is 0. The second-order valence-corrected chi connectivity index (χ2v) is 10.8. The molecule has 6 unspecified atom stereocenters. The van der Waals surface area contributed by atoms with Gasteiger partial charge in [0.2, 0.25) is 5.60 Å². The van der Waals surface area contributed by atoms with Crippen molar-refractivity contribution in [3.05, 3.63) is 0 Å². The molecule has 156 valence electrons. The minimum absolute atomic E-state index is 0.0578. The van der Waals surface area contributed by atoms with Gasteiger partial charge in [0.15, 0.2) is 6.29 Å². The summed E-state index contributed by atoms with van der Waals surface area (Å²) in [5.41, 5.74) is -6.21. The molecule has 6 fully saturated rings. The summed E-state index contributed by atoms with van der Waals surface area (Å²) in [5.74, 6) is -1.26. The first kappa shape index (κ1) is 18.0. The van der Waals surface area contributed by atoms with Crippen LogP contribution in [0.4, 0.5) is 0 Å². The molecule has 6 aliphatic rings. The van der Waals surface area contributed by atoms with Crippen LogP contribution in [-0.4, -0.2) is 76.4 Å². The second-order valence-electron chi connectivity index (χ2n) is 10.8. The van der Waals surface area contributed by atoms with Crippen LogP contribution in [0, 0.1) is 28.1 Å². The number of rotatable bonds is 0. The van der Waals surface area contributed by atoms with Crippen LogP contribution in [0.5, 0.6) is 0 Å². The molecule has 0 aromatic carbocycles. The Morgan fingerprint density at radius 1 is 1.14 bits per heavy atom. The van der Waals surface area contributed by atoms with E-state index in [2.05, 4.69) is 20.8 Å². The van der Waals surface area contributed by atoms with Crippen molar-refractivity contribution in [1.82, 2.24) is 0 Å². The fourth-order valence-corrected chi connectivity index (χ4v) is 8.35. The second kappa shape index (κ2) is 4.60. The van der Waals surface area contributed by atoms with Gasteiger partial charge in [-0.05, 0) is 17.8 Å². The van der Waals surface area contributed by atoms with Gasteiger partial charge in [-0.1, -0.05) is 27.7 Å². The molecule has 4 heterocycles. The molecule has 4 saturated heterocycles. The zero-order chi connectivity index (χ0) is 20.1. The highest BCUT2D eigenvalue weighted by molar-refractivity contribution is 5.89. The first-order chi connectivity index (χ1) is 13.0. The van der Waals surface area contributed by atoms with Gasteiger partial charge in [-0.25, -0.2) is 4.79 Å². The van der Waals surface area contributed by atoms with Crippen LogP contribution in [0.1, 0.15) is 34.1 Å². The minimum atomic E-state index is -1.81. The molecule has 2 saturated carbocycles. The van der Waals surface area contributed by atoms with Crippen LogP contribution in [0.2, 0.25) is 0 Å². The van der Waals surface area contributed by atoms with Gasteiger partial charge >= 0.3 is 5.97 Å². The van der Waals surface area contributed by atoms with Gasteiger partial charge in [-0.2, -0.15) is 0 Å². The summed E-state index contributed by atoms with van der Waals surface area (Å²) in [6.45, 7) is 8.28. The third kappa shape index (κ3) is 1.29. The molecule has 11 atom stereocenters. The van der Waals surface area contributed by atoms with Crippen LogP contribution < -0.4 is 0 Å². The van der Waals surface area contributed by atoms with Crippen LogP contribution in [-0.2, 0) is 23.7 Å². The third-order valence-electron chi connectivity index (χ3n) is 9.07. The first-order valence-electron chi connectivity index (χ1n) is 10.2. The van der Waals surface area contributed by atoms with Crippen LogP contribution in [0.3, 0.4) is 0 Å². The van der Waals surface area contributed by atoms with E-state index in [1.165, 1.54) is 0 Å². The molecule has 28 heavy (non-hydrogen) atoms.